The monoisotopic (exact) mass is 162 g/mol. The number of ether oxygens (including phenoxy) is 1. The fourth-order valence-corrected chi connectivity index (χ4v) is 1.30. The molecular weight excluding hydrogens is 152 g/mol. The quantitative estimate of drug-likeness (QED) is 0.574. The summed E-state index contributed by atoms with van der Waals surface area (Å²) in [4.78, 5) is 10.9. The van der Waals surface area contributed by atoms with Crippen LogP contribution in [0.25, 0.3) is 0 Å². The summed E-state index contributed by atoms with van der Waals surface area (Å²) < 4.78 is 5.28. The number of halogens is 1. The minimum atomic E-state index is -0.215. The maximum absolute atomic E-state index is 10.9. The van der Waals surface area contributed by atoms with Gasteiger partial charge in [-0.15, -0.1) is 11.6 Å². The molecule has 0 spiro atoms. The number of alkyl halides is 1. The second kappa shape index (κ2) is 3.35. The third-order valence-corrected chi connectivity index (χ3v) is 1.99. The Morgan fingerprint density at radius 2 is 2.40 bits per heavy atom. The van der Waals surface area contributed by atoms with Crippen LogP contribution in [0.5, 0.6) is 0 Å². The summed E-state index contributed by atoms with van der Waals surface area (Å²) in [6.45, 7) is 1.97. The van der Waals surface area contributed by atoms with Crippen molar-refractivity contribution in [3.8, 4) is 0 Å². The molecule has 0 aromatic carbocycles. The Hall–Kier alpha value is -0.0800. The predicted molar refractivity (Wildman–Crippen MR) is 39.3 cm³/mol. The molecule has 0 bridgehead atoms. The van der Waals surface area contributed by atoms with Gasteiger partial charge in [0.25, 0.3) is 0 Å². The van der Waals surface area contributed by atoms with Crippen LogP contribution in [0.15, 0.2) is 0 Å². The molecular formula is C7H11ClO2. The summed E-state index contributed by atoms with van der Waals surface area (Å²) >= 11 is 5.35. The fourth-order valence-electron chi connectivity index (χ4n) is 1.13. The lowest BCUT2D eigenvalue weighted by Crippen LogP contribution is -2.21. The third-order valence-electron chi connectivity index (χ3n) is 1.72. The summed E-state index contributed by atoms with van der Waals surface area (Å²) in [6, 6.07) is 0. The SMILES string of the molecule is CC1CCC(C(=O)CCl)O1. The van der Waals surface area contributed by atoms with Crippen molar-refractivity contribution >= 4 is 17.4 Å². The van der Waals surface area contributed by atoms with E-state index < -0.39 is 0 Å². The molecule has 1 saturated heterocycles. The van der Waals surface area contributed by atoms with Crippen LogP contribution in [-0.4, -0.2) is 23.9 Å². The number of ketones is 1. The van der Waals surface area contributed by atoms with E-state index in [1.165, 1.54) is 0 Å². The van der Waals surface area contributed by atoms with Gasteiger partial charge in [-0.05, 0) is 19.8 Å². The molecule has 0 radical (unpaired) electrons. The molecule has 0 N–H and O–H groups in total. The molecule has 2 atom stereocenters. The molecule has 3 heteroatoms. The number of hydrogen-bond donors (Lipinski definition) is 0. The fraction of sp³-hybridized carbons (Fsp3) is 0.857. The molecule has 0 aromatic rings. The maximum atomic E-state index is 10.9. The molecule has 1 aliphatic heterocycles. The molecule has 0 amide bonds. The van der Waals surface area contributed by atoms with Crippen LogP contribution in [-0.2, 0) is 9.53 Å². The van der Waals surface area contributed by atoms with Crippen LogP contribution < -0.4 is 0 Å². The van der Waals surface area contributed by atoms with E-state index in [-0.39, 0.29) is 23.9 Å². The highest BCUT2D eigenvalue weighted by molar-refractivity contribution is 6.28. The first-order valence-corrected chi connectivity index (χ1v) is 4.01. The van der Waals surface area contributed by atoms with Crippen LogP contribution in [0.3, 0.4) is 0 Å². The van der Waals surface area contributed by atoms with Crippen molar-refractivity contribution in [1.82, 2.24) is 0 Å². The van der Waals surface area contributed by atoms with Gasteiger partial charge in [-0.25, -0.2) is 0 Å². The number of carbonyl (C=O) groups is 1. The van der Waals surface area contributed by atoms with Crippen molar-refractivity contribution in [2.24, 2.45) is 0 Å². The molecule has 1 heterocycles. The third kappa shape index (κ3) is 1.70. The van der Waals surface area contributed by atoms with Crippen molar-refractivity contribution in [3.05, 3.63) is 0 Å². The standard InChI is InChI=1S/C7H11ClO2/c1-5-2-3-7(10-5)6(9)4-8/h5,7H,2-4H2,1H3. The lowest BCUT2D eigenvalue weighted by atomic mass is 10.1. The number of carbonyl (C=O) groups excluding carboxylic acids is 1. The minimum Gasteiger partial charge on any atom is -0.367 e. The Morgan fingerprint density at radius 3 is 2.80 bits per heavy atom. The Labute approximate surface area is 65.5 Å². The van der Waals surface area contributed by atoms with E-state index in [0.29, 0.717) is 0 Å². The van der Waals surface area contributed by atoms with Crippen LogP contribution in [0.4, 0.5) is 0 Å². The Morgan fingerprint density at radius 1 is 1.70 bits per heavy atom. The highest BCUT2D eigenvalue weighted by Gasteiger charge is 2.26. The van der Waals surface area contributed by atoms with E-state index in [0.717, 1.165) is 12.8 Å². The zero-order valence-electron chi connectivity index (χ0n) is 5.97. The Bertz CT molecular complexity index is 136. The molecule has 10 heavy (non-hydrogen) atoms. The molecule has 0 aromatic heterocycles. The average Bonchev–Trinajstić information content (AvgIpc) is 2.34. The molecule has 1 rings (SSSR count). The highest BCUT2D eigenvalue weighted by atomic mass is 35.5. The van der Waals surface area contributed by atoms with Crippen molar-refractivity contribution in [2.45, 2.75) is 32.0 Å². The summed E-state index contributed by atoms with van der Waals surface area (Å²) in [5.41, 5.74) is 0. The molecule has 1 aliphatic rings. The van der Waals surface area contributed by atoms with Gasteiger partial charge in [-0.1, -0.05) is 0 Å². The predicted octanol–water partition coefficient (Wildman–Crippen LogP) is 1.36. The second-order valence-electron chi connectivity index (χ2n) is 2.61. The van der Waals surface area contributed by atoms with Crippen LogP contribution in [0, 0.1) is 0 Å². The van der Waals surface area contributed by atoms with E-state index in [1.807, 2.05) is 6.92 Å². The molecule has 1 fully saturated rings. The van der Waals surface area contributed by atoms with Gasteiger partial charge < -0.3 is 4.74 Å². The highest BCUT2D eigenvalue weighted by Crippen LogP contribution is 2.19. The van der Waals surface area contributed by atoms with Gasteiger partial charge in [0, 0.05) is 0 Å². The molecule has 58 valence electrons. The molecule has 2 unspecified atom stereocenters. The summed E-state index contributed by atoms with van der Waals surface area (Å²) in [6.07, 6.45) is 1.84. The Kier molecular flexibility index (Phi) is 2.69. The lowest BCUT2D eigenvalue weighted by Gasteiger charge is -2.06. The smallest absolute Gasteiger partial charge is 0.176 e. The first-order valence-electron chi connectivity index (χ1n) is 3.48. The van der Waals surface area contributed by atoms with Crippen molar-refractivity contribution in [2.75, 3.05) is 5.88 Å². The molecule has 2 nitrogen and oxygen atoms in total. The van der Waals surface area contributed by atoms with E-state index >= 15 is 0 Å². The normalized spacial score (nSPS) is 32.6. The van der Waals surface area contributed by atoms with E-state index in [1.54, 1.807) is 0 Å². The zero-order valence-corrected chi connectivity index (χ0v) is 6.73. The van der Waals surface area contributed by atoms with Gasteiger partial charge in [0.15, 0.2) is 5.78 Å². The van der Waals surface area contributed by atoms with Crippen LogP contribution in [0.2, 0.25) is 0 Å². The maximum Gasteiger partial charge on any atom is 0.176 e. The number of rotatable bonds is 2. The van der Waals surface area contributed by atoms with Crippen molar-refractivity contribution < 1.29 is 9.53 Å². The summed E-state index contributed by atoms with van der Waals surface area (Å²) in [7, 11) is 0. The van der Waals surface area contributed by atoms with Gasteiger partial charge in [-0.3, -0.25) is 4.79 Å². The van der Waals surface area contributed by atoms with E-state index in [4.69, 9.17) is 16.3 Å². The van der Waals surface area contributed by atoms with Gasteiger partial charge in [0.1, 0.15) is 6.10 Å². The van der Waals surface area contributed by atoms with Gasteiger partial charge in [0.05, 0.1) is 12.0 Å². The first-order chi connectivity index (χ1) is 4.74. The number of Topliss-reactive ketones (excluding diaryl/α,β-unsaturated/α-hetero) is 1. The lowest BCUT2D eigenvalue weighted by molar-refractivity contribution is -0.126. The summed E-state index contributed by atoms with van der Waals surface area (Å²) in [5.74, 6) is 0.100. The van der Waals surface area contributed by atoms with Crippen LogP contribution in [0.1, 0.15) is 19.8 Å². The topological polar surface area (TPSA) is 26.3 Å². The van der Waals surface area contributed by atoms with Gasteiger partial charge in [-0.2, -0.15) is 0 Å². The molecule has 0 saturated carbocycles. The van der Waals surface area contributed by atoms with Crippen LogP contribution >= 0.6 is 11.6 Å². The second-order valence-corrected chi connectivity index (χ2v) is 2.88. The average molecular weight is 163 g/mol. The molecule has 0 aliphatic carbocycles. The van der Waals surface area contributed by atoms with E-state index in [9.17, 15) is 4.79 Å². The minimum absolute atomic E-state index is 0.0195. The zero-order chi connectivity index (χ0) is 7.56. The van der Waals surface area contributed by atoms with Gasteiger partial charge >= 0.3 is 0 Å². The van der Waals surface area contributed by atoms with Crippen molar-refractivity contribution in [3.63, 3.8) is 0 Å². The number of hydrogen-bond acceptors (Lipinski definition) is 2. The largest absolute Gasteiger partial charge is 0.367 e. The van der Waals surface area contributed by atoms with Gasteiger partial charge in [0.2, 0.25) is 0 Å². The Balaban J connectivity index is 2.37. The van der Waals surface area contributed by atoms with E-state index in [2.05, 4.69) is 0 Å². The van der Waals surface area contributed by atoms with Crippen molar-refractivity contribution in [1.29, 1.82) is 0 Å². The first kappa shape index (κ1) is 8.02. The summed E-state index contributed by atoms with van der Waals surface area (Å²) in [5, 5.41) is 0.